The van der Waals surface area contributed by atoms with Crippen LogP contribution in [-0.4, -0.2) is 16.7 Å². The van der Waals surface area contributed by atoms with Gasteiger partial charge in [-0.1, -0.05) is 24.3 Å². The highest BCUT2D eigenvalue weighted by molar-refractivity contribution is 5.24. The molecule has 2 N–H and O–H groups in total. The molecule has 0 radical (unpaired) electrons. The zero-order chi connectivity index (χ0) is 13.9. The van der Waals surface area contributed by atoms with Crippen LogP contribution in [0.4, 0.5) is 0 Å². The van der Waals surface area contributed by atoms with Crippen LogP contribution in [0.1, 0.15) is 35.6 Å². The number of aliphatic hydroxyl groups excluding tert-OH is 1. The van der Waals surface area contributed by atoms with Gasteiger partial charge in [-0.2, -0.15) is 0 Å². The maximum Gasteiger partial charge on any atom is 0.0681 e. The molecule has 2 aromatic rings. The Hall–Kier alpha value is -1.58. The summed E-state index contributed by atoms with van der Waals surface area (Å²) in [5.41, 5.74) is 3.62. The van der Waals surface area contributed by atoms with Gasteiger partial charge in [0, 0.05) is 25.0 Å². The Morgan fingerprint density at radius 1 is 1.20 bits per heavy atom. The summed E-state index contributed by atoms with van der Waals surface area (Å²) in [6, 6.07) is 10.9. The molecule has 0 saturated heterocycles. The summed E-state index contributed by atoms with van der Waals surface area (Å²) < 4.78 is 2.23. The summed E-state index contributed by atoms with van der Waals surface area (Å²) in [6.45, 7) is 0.992. The molecule has 3 nitrogen and oxygen atoms in total. The summed E-state index contributed by atoms with van der Waals surface area (Å²) in [6.07, 6.45) is 7.10. The fraction of sp³-hybridized carbons (Fsp3) is 0.412. The molecular weight excluding hydrogens is 248 g/mol. The third-order valence-electron chi connectivity index (χ3n) is 4.11. The smallest absolute Gasteiger partial charge is 0.0681 e. The van der Waals surface area contributed by atoms with E-state index in [1.165, 1.54) is 24.0 Å². The van der Waals surface area contributed by atoms with E-state index < -0.39 is 0 Å². The van der Waals surface area contributed by atoms with Crippen LogP contribution in [0.3, 0.4) is 0 Å². The van der Waals surface area contributed by atoms with Gasteiger partial charge < -0.3 is 15.0 Å². The van der Waals surface area contributed by atoms with Crippen LogP contribution >= 0.6 is 0 Å². The third kappa shape index (κ3) is 2.94. The predicted octanol–water partition coefficient (Wildman–Crippen LogP) is 2.70. The molecule has 1 saturated carbocycles. The van der Waals surface area contributed by atoms with Gasteiger partial charge in [0.1, 0.15) is 0 Å². The molecule has 0 spiro atoms. The summed E-state index contributed by atoms with van der Waals surface area (Å²) in [7, 11) is 2.05. The topological polar surface area (TPSA) is 37.2 Å². The highest BCUT2D eigenvalue weighted by Crippen LogP contribution is 2.40. The minimum atomic E-state index is 0.110. The SMILES string of the molecule is CNC(c1ccn(Cc2ccc(CO)cc2)c1)C1CC1. The standard InChI is InChI=1S/C17H22N2O/c1-18-17(15-6-7-15)16-8-9-19(11-16)10-13-2-4-14(12-20)5-3-13/h2-5,8-9,11,15,17-18,20H,6-7,10,12H2,1H3. The molecule has 0 amide bonds. The summed E-state index contributed by atoms with van der Waals surface area (Å²) in [5.74, 6) is 0.819. The second kappa shape index (κ2) is 5.81. The van der Waals surface area contributed by atoms with Crippen LogP contribution < -0.4 is 5.32 Å². The molecule has 0 bridgehead atoms. The van der Waals surface area contributed by atoms with Crippen LogP contribution in [0, 0.1) is 5.92 Å². The number of aliphatic hydroxyl groups is 1. The normalized spacial score (nSPS) is 16.3. The molecule has 3 heteroatoms. The quantitative estimate of drug-likeness (QED) is 0.847. The zero-order valence-corrected chi connectivity index (χ0v) is 11.9. The van der Waals surface area contributed by atoms with E-state index in [0.717, 1.165) is 18.0 Å². The first-order chi connectivity index (χ1) is 9.80. The highest BCUT2D eigenvalue weighted by atomic mass is 16.3. The van der Waals surface area contributed by atoms with Crippen molar-refractivity contribution in [2.45, 2.75) is 32.0 Å². The van der Waals surface area contributed by atoms with Gasteiger partial charge in [-0.05, 0) is 48.6 Å². The fourth-order valence-electron chi connectivity index (χ4n) is 2.81. The van der Waals surface area contributed by atoms with Crippen molar-refractivity contribution in [3.63, 3.8) is 0 Å². The number of benzene rings is 1. The Morgan fingerprint density at radius 3 is 2.50 bits per heavy atom. The van der Waals surface area contributed by atoms with Crippen molar-refractivity contribution in [3.8, 4) is 0 Å². The van der Waals surface area contributed by atoms with Crippen LogP contribution in [0.5, 0.6) is 0 Å². The highest BCUT2D eigenvalue weighted by Gasteiger charge is 2.31. The van der Waals surface area contributed by atoms with Crippen LogP contribution in [-0.2, 0) is 13.2 Å². The average Bonchev–Trinajstić information content (AvgIpc) is 3.21. The van der Waals surface area contributed by atoms with Crippen molar-refractivity contribution in [1.29, 1.82) is 0 Å². The maximum absolute atomic E-state index is 9.06. The molecule has 1 aromatic carbocycles. The molecule has 1 aliphatic rings. The average molecular weight is 270 g/mol. The Kier molecular flexibility index (Phi) is 3.90. The molecule has 1 unspecified atom stereocenters. The molecule has 1 aliphatic carbocycles. The molecule has 3 rings (SSSR count). The fourth-order valence-corrected chi connectivity index (χ4v) is 2.81. The summed E-state index contributed by atoms with van der Waals surface area (Å²) >= 11 is 0. The van der Waals surface area contributed by atoms with E-state index in [1.807, 2.05) is 19.2 Å². The molecule has 0 aliphatic heterocycles. The van der Waals surface area contributed by atoms with E-state index in [-0.39, 0.29) is 6.61 Å². The van der Waals surface area contributed by atoms with Gasteiger partial charge in [-0.3, -0.25) is 0 Å². The first-order valence-electron chi connectivity index (χ1n) is 7.32. The molecule has 106 valence electrons. The van der Waals surface area contributed by atoms with Crippen molar-refractivity contribution in [3.05, 3.63) is 59.4 Å². The van der Waals surface area contributed by atoms with Crippen LogP contribution in [0.15, 0.2) is 42.7 Å². The van der Waals surface area contributed by atoms with Crippen molar-refractivity contribution in [2.75, 3.05) is 7.05 Å². The lowest BCUT2D eigenvalue weighted by molar-refractivity contribution is 0.282. The summed E-state index contributed by atoms with van der Waals surface area (Å²) in [5, 5.41) is 12.5. The van der Waals surface area contributed by atoms with Gasteiger partial charge in [-0.15, -0.1) is 0 Å². The summed E-state index contributed by atoms with van der Waals surface area (Å²) in [4.78, 5) is 0. The molecule has 1 atom stereocenters. The van der Waals surface area contributed by atoms with Gasteiger partial charge in [-0.25, -0.2) is 0 Å². The first-order valence-corrected chi connectivity index (χ1v) is 7.32. The van der Waals surface area contributed by atoms with Crippen LogP contribution in [0.2, 0.25) is 0 Å². The predicted molar refractivity (Wildman–Crippen MR) is 80.4 cm³/mol. The number of hydrogen-bond donors (Lipinski definition) is 2. The minimum Gasteiger partial charge on any atom is -0.392 e. The van der Waals surface area contributed by atoms with Crippen LogP contribution in [0.25, 0.3) is 0 Å². The van der Waals surface area contributed by atoms with E-state index in [0.29, 0.717) is 6.04 Å². The number of nitrogens with zero attached hydrogens (tertiary/aromatic N) is 1. The Labute approximate surface area is 120 Å². The largest absolute Gasteiger partial charge is 0.392 e. The lowest BCUT2D eigenvalue weighted by Gasteiger charge is -2.13. The van der Waals surface area contributed by atoms with E-state index in [2.05, 4.69) is 40.5 Å². The van der Waals surface area contributed by atoms with Gasteiger partial charge in [0.15, 0.2) is 0 Å². The first kappa shape index (κ1) is 13.4. The van der Waals surface area contributed by atoms with E-state index in [4.69, 9.17) is 5.11 Å². The van der Waals surface area contributed by atoms with Gasteiger partial charge in [0.05, 0.1) is 6.61 Å². The van der Waals surface area contributed by atoms with Crippen molar-refractivity contribution >= 4 is 0 Å². The lowest BCUT2D eigenvalue weighted by Crippen LogP contribution is -2.17. The second-order valence-corrected chi connectivity index (χ2v) is 5.70. The van der Waals surface area contributed by atoms with Crippen molar-refractivity contribution in [2.24, 2.45) is 5.92 Å². The van der Waals surface area contributed by atoms with E-state index >= 15 is 0 Å². The van der Waals surface area contributed by atoms with E-state index in [9.17, 15) is 0 Å². The number of hydrogen-bond acceptors (Lipinski definition) is 2. The van der Waals surface area contributed by atoms with Crippen molar-refractivity contribution in [1.82, 2.24) is 9.88 Å². The van der Waals surface area contributed by atoms with Gasteiger partial charge in [0.2, 0.25) is 0 Å². The molecule has 1 heterocycles. The number of rotatable bonds is 6. The number of aromatic nitrogens is 1. The molecule has 1 aromatic heterocycles. The van der Waals surface area contributed by atoms with Crippen molar-refractivity contribution < 1.29 is 5.11 Å². The molecule has 20 heavy (non-hydrogen) atoms. The van der Waals surface area contributed by atoms with Gasteiger partial charge in [0.25, 0.3) is 0 Å². The maximum atomic E-state index is 9.06. The molecular formula is C17H22N2O. The Morgan fingerprint density at radius 2 is 1.90 bits per heavy atom. The third-order valence-corrected chi connectivity index (χ3v) is 4.11. The Balaban J connectivity index is 1.69. The second-order valence-electron chi connectivity index (χ2n) is 5.70. The lowest BCUT2D eigenvalue weighted by atomic mass is 10.1. The molecule has 1 fully saturated rings. The van der Waals surface area contributed by atoms with E-state index in [1.54, 1.807) is 0 Å². The minimum absolute atomic E-state index is 0.110. The zero-order valence-electron chi connectivity index (χ0n) is 11.9. The van der Waals surface area contributed by atoms with Gasteiger partial charge >= 0.3 is 0 Å². The monoisotopic (exact) mass is 270 g/mol. The Bertz CT molecular complexity index is 555. The number of nitrogens with one attached hydrogen (secondary N) is 1.